The molecule has 5 heteroatoms. The third-order valence-corrected chi connectivity index (χ3v) is 8.07. The molecule has 1 aliphatic carbocycles. The van der Waals surface area contributed by atoms with E-state index < -0.39 is 29.4 Å². The van der Waals surface area contributed by atoms with E-state index in [9.17, 15) is 8.78 Å². The number of halogens is 4. The summed E-state index contributed by atoms with van der Waals surface area (Å²) in [6, 6.07) is 14.3. The highest BCUT2D eigenvalue weighted by Crippen LogP contribution is 2.41. The van der Waals surface area contributed by atoms with Crippen LogP contribution in [0.15, 0.2) is 73.3 Å². The molecule has 1 unspecified atom stereocenters. The zero-order valence-electron chi connectivity index (χ0n) is 22.1. The molecule has 3 aromatic rings. The van der Waals surface area contributed by atoms with Gasteiger partial charge in [-0.05, 0) is 79.9 Å². The van der Waals surface area contributed by atoms with Crippen LogP contribution in [-0.4, -0.2) is 6.61 Å². The van der Waals surface area contributed by atoms with E-state index in [0.717, 1.165) is 51.4 Å². The van der Waals surface area contributed by atoms with Gasteiger partial charge in [0.15, 0.2) is 23.3 Å². The van der Waals surface area contributed by atoms with Crippen LogP contribution in [0.5, 0.6) is 0 Å². The molecule has 2 aliphatic rings. The first-order chi connectivity index (χ1) is 19.0. The summed E-state index contributed by atoms with van der Waals surface area (Å²) in [5, 5.41) is 0. The van der Waals surface area contributed by atoms with Gasteiger partial charge in [-0.2, -0.15) is 0 Å². The van der Waals surface area contributed by atoms with Gasteiger partial charge >= 0.3 is 0 Å². The standard InChI is InChI=1S/C34H34F4O/c1-2-3-6-22-9-11-23(12-10-22)7-4-5-8-24-13-15-25(16-14-24)26-17-18-27(32(36)31(26)35)28-19-20-29(30-21-39-30)34(38)33(28)37/h2,5,8-12,17-20,24-25,30H,1,3-4,6-7,13-16,21H2/b8-5+. The number of allylic oxidation sites excluding steroid dienone is 3. The zero-order valence-corrected chi connectivity index (χ0v) is 22.1. The third-order valence-electron chi connectivity index (χ3n) is 8.07. The number of aryl methyl sites for hydroxylation is 2. The lowest BCUT2D eigenvalue weighted by Gasteiger charge is -2.27. The Balaban J connectivity index is 1.16. The first-order valence-corrected chi connectivity index (χ1v) is 13.9. The summed E-state index contributed by atoms with van der Waals surface area (Å²) in [6.45, 7) is 4.10. The van der Waals surface area contributed by atoms with E-state index in [-0.39, 0.29) is 22.6 Å². The van der Waals surface area contributed by atoms with Crippen LogP contribution in [0.3, 0.4) is 0 Å². The molecule has 0 spiro atoms. The summed E-state index contributed by atoms with van der Waals surface area (Å²) in [6.07, 6.45) is 13.3. The maximum atomic E-state index is 15.1. The van der Waals surface area contributed by atoms with Crippen LogP contribution < -0.4 is 0 Å². The van der Waals surface area contributed by atoms with Gasteiger partial charge in [0, 0.05) is 16.7 Å². The SMILES string of the molecule is C=CCCc1ccc(CC/C=C/C2CCC(c3ccc(-c4ccc(C5CO5)c(F)c4F)c(F)c3F)CC2)cc1. The Morgan fingerprint density at radius 3 is 1.79 bits per heavy atom. The minimum Gasteiger partial charge on any atom is -0.368 e. The molecule has 1 saturated heterocycles. The molecule has 0 aromatic heterocycles. The Bertz CT molecular complexity index is 1330. The molecular formula is C34H34F4O. The van der Waals surface area contributed by atoms with Crippen LogP contribution in [0, 0.1) is 29.2 Å². The Kier molecular flexibility index (Phi) is 8.66. The number of hydrogen-bond acceptors (Lipinski definition) is 1. The van der Waals surface area contributed by atoms with Gasteiger partial charge in [-0.25, -0.2) is 17.6 Å². The first-order valence-electron chi connectivity index (χ1n) is 13.9. The third kappa shape index (κ3) is 6.36. The van der Waals surface area contributed by atoms with Crippen LogP contribution >= 0.6 is 0 Å². The smallest absolute Gasteiger partial charge is 0.167 e. The maximum Gasteiger partial charge on any atom is 0.167 e. The lowest BCUT2D eigenvalue weighted by Crippen LogP contribution is -2.14. The quantitative estimate of drug-likeness (QED) is 0.143. The van der Waals surface area contributed by atoms with Gasteiger partial charge in [0.2, 0.25) is 0 Å². The van der Waals surface area contributed by atoms with Gasteiger partial charge in [-0.3, -0.25) is 0 Å². The number of hydrogen-bond donors (Lipinski definition) is 0. The van der Waals surface area contributed by atoms with Crippen LogP contribution in [0.1, 0.15) is 72.8 Å². The second kappa shape index (κ2) is 12.3. The van der Waals surface area contributed by atoms with Crippen molar-refractivity contribution in [3.8, 4) is 11.1 Å². The lowest BCUT2D eigenvalue weighted by atomic mass is 9.78. The number of ether oxygens (including phenoxy) is 1. The molecule has 2 fully saturated rings. The molecule has 1 aliphatic heterocycles. The predicted molar refractivity (Wildman–Crippen MR) is 148 cm³/mol. The summed E-state index contributed by atoms with van der Waals surface area (Å²) in [4.78, 5) is 0. The van der Waals surface area contributed by atoms with E-state index in [4.69, 9.17) is 4.74 Å². The molecule has 0 bridgehead atoms. The summed E-state index contributed by atoms with van der Waals surface area (Å²) in [5.74, 6) is -3.99. The van der Waals surface area contributed by atoms with Crippen molar-refractivity contribution in [2.45, 2.75) is 63.4 Å². The van der Waals surface area contributed by atoms with Crippen molar-refractivity contribution < 1.29 is 22.3 Å². The van der Waals surface area contributed by atoms with Crippen molar-refractivity contribution >= 4 is 0 Å². The van der Waals surface area contributed by atoms with Crippen molar-refractivity contribution in [2.75, 3.05) is 6.61 Å². The minimum atomic E-state index is -1.18. The number of epoxide rings is 1. The monoisotopic (exact) mass is 534 g/mol. The van der Waals surface area contributed by atoms with Crippen molar-refractivity contribution in [3.63, 3.8) is 0 Å². The Morgan fingerprint density at radius 2 is 1.23 bits per heavy atom. The molecule has 0 amide bonds. The van der Waals surface area contributed by atoms with Crippen molar-refractivity contribution in [1.82, 2.24) is 0 Å². The van der Waals surface area contributed by atoms with Crippen LogP contribution in [0.4, 0.5) is 17.6 Å². The molecule has 204 valence electrons. The van der Waals surface area contributed by atoms with E-state index in [1.807, 2.05) is 6.08 Å². The van der Waals surface area contributed by atoms with Crippen molar-refractivity contribution in [2.24, 2.45) is 5.92 Å². The largest absolute Gasteiger partial charge is 0.368 e. The van der Waals surface area contributed by atoms with Gasteiger partial charge in [0.05, 0.1) is 6.61 Å². The fourth-order valence-corrected chi connectivity index (χ4v) is 5.64. The highest BCUT2D eigenvalue weighted by molar-refractivity contribution is 5.66. The van der Waals surface area contributed by atoms with E-state index in [0.29, 0.717) is 18.1 Å². The van der Waals surface area contributed by atoms with Gasteiger partial charge in [0.1, 0.15) is 6.10 Å². The van der Waals surface area contributed by atoms with Crippen LogP contribution in [0.2, 0.25) is 0 Å². The molecular weight excluding hydrogens is 500 g/mol. The molecule has 1 atom stereocenters. The summed E-state index contributed by atoms with van der Waals surface area (Å²) in [7, 11) is 0. The van der Waals surface area contributed by atoms with Gasteiger partial charge in [-0.1, -0.05) is 66.8 Å². The van der Waals surface area contributed by atoms with Crippen molar-refractivity contribution in [3.05, 3.63) is 119 Å². The topological polar surface area (TPSA) is 12.5 Å². The molecule has 0 N–H and O–H groups in total. The maximum absolute atomic E-state index is 15.1. The second-order valence-electron chi connectivity index (χ2n) is 10.7. The average Bonchev–Trinajstić information content (AvgIpc) is 3.80. The fourth-order valence-electron chi connectivity index (χ4n) is 5.64. The van der Waals surface area contributed by atoms with E-state index in [2.05, 4.69) is 43.0 Å². The van der Waals surface area contributed by atoms with E-state index >= 15 is 8.78 Å². The number of benzene rings is 3. The second-order valence-corrected chi connectivity index (χ2v) is 10.7. The molecule has 1 saturated carbocycles. The summed E-state index contributed by atoms with van der Waals surface area (Å²) >= 11 is 0. The van der Waals surface area contributed by atoms with Gasteiger partial charge in [-0.15, -0.1) is 6.58 Å². The van der Waals surface area contributed by atoms with Gasteiger partial charge < -0.3 is 4.74 Å². The molecule has 0 radical (unpaired) electrons. The molecule has 3 aromatic carbocycles. The van der Waals surface area contributed by atoms with E-state index in [1.54, 1.807) is 0 Å². The fraction of sp³-hybridized carbons (Fsp3) is 0.353. The Hall–Kier alpha value is -3.18. The number of rotatable bonds is 10. The summed E-state index contributed by atoms with van der Waals surface area (Å²) < 4.78 is 64.4. The first kappa shape index (κ1) is 27.4. The van der Waals surface area contributed by atoms with Gasteiger partial charge in [0.25, 0.3) is 0 Å². The highest BCUT2D eigenvalue weighted by atomic mass is 19.2. The Morgan fingerprint density at radius 1 is 0.692 bits per heavy atom. The van der Waals surface area contributed by atoms with Crippen LogP contribution in [-0.2, 0) is 17.6 Å². The molecule has 39 heavy (non-hydrogen) atoms. The molecule has 5 rings (SSSR count). The molecule has 1 nitrogen and oxygen atoms in total. The highest BCUT2D eigenvalue weighted by Gasteiger charge is 2.31. The Labute approximate surface area is 228 Å². The van der Waals surface area contributed by atoms with E-state index in [1.165, 1.54) is 35.4 Å². The minimum absolute atomic E-state index is 0.0891. The van der Waals surface area contributed by atoms with Crippen molar-refractivity contribution in [1.29, 1.82) is 0 Å². The summed E-state index contributed by atoms with van der Waals surface area (Å²) in [5.41, 5.74) is 2.53. The van der Waals surface area contributed by atoms with Crippen LogP contribution in [0.25, 0.3) is 11.1 Å². The average molecular weight is 535 g/mol. The normalized spacial score (nSPS) is 20.9. The lowest BCUT2D eigenvalue weighted by molar-refractivity contribution is 0.363. The zero-order chi connectivity index (χ0) is 27.4. The predicted octanol–water partition coefficient (Wildman–Crippen LogP) is 9.56. The molecule has 1 heterocycles.